The Hall–Kier alpha value is -0.950. The van der Waals surface area contributed by atoms with Gasteiger partial charge >= 0.3 is 0 Å². The average molecular weight is 339 g/mol. The quantitative estimate of drug-likeness (QED) is 0.819. The van der Waals surface area contributed by atoms with E-state index in [0.29, 0.717) is 24.3 Å². The van der Waals surface area contributed by atoms with Crippen molar-refractivity contribution >= 4 is 9.84 Å². The zero-order valence-electron chi connectivity index (χ0n) is 13.5. The Bertz CT molecular complexity index is 647. The molecule has 2 aliphatic carbocycles. The molecule has 0 N–H and O–H groups in total. The smallest absolute Gasteiger partial charge is 0.229 e. The summed E-state index contributed by atoms with van der Waals surface area (Å²) in [7, 11) is -2.86. The van der Waals surface area contributed by atoms with Crippen LogP contribution < -0.4 is 0 Å². The van der Waals surface area contributed by atoms with Crippen LogP contribution in [0, 0.1) is 0 Å². The Morgan fingerprint density at radius 2 is 1.83 bits per heavy atom. The molecule has 3 fully saturated rings. The van der Waals surface area contributed by atoms with Crippen molar-refractivity contribution in [3.8, 4) is 0 Å². The summed E-state index contributed by atoms with van der Waals surface area (Å²) in [6.45, 7) is 0.626. The van der Waals surface area contributed by atoms with Crippen LogP contribution in [0.2, 0.25) is 0 Å². The lowest BCUT2D eigenvalue weighted by Gasteiger charge is -2.26. The first-order valence-electron chi connectivity index (χ1n) is 8.89. The molecule has 23 heavy (non-hydrogen) atoms. The topological polar surface area (TPSA) is 76.3 Å². The van der Waals surface area contributed by atoms with Crippen molar-refractivity contribution < 1.29 is 12.9 Å². The summed E-state index contributed by atoms with van der Waals surface area (Å²) < 4.78 is 29.1. The molecule has 6 nitrogen and oxygen atoms in total. The summed E-state index contributed by atoms with van der Waals surface area (Å²) in [6.07, 6.45) is 9.15. The monoisotopic (exact) mass is 339 g/mol. The van der Waals surface area contributed by atoms with E-state index in [1.165, 1.54) is 19.3 Å². The molecule has 0 amide bonds. The normalized spacial score (nSPS) is 28.5. The maximum absolute atomic E-state index is 11.8. The van der Waals surface area contributed by atoms with E-state index in [0.717, 1.165) is 43.8 Å². The summed E-state index contributed by atoms with van der Waals surface area (Å²) in [5.41, 5.74) is 0. The molecular formula is C16H25N3O3S. The molecule has 128 valence electrons. The molecule has 0 bridgehead atoms. The lowest BCUT2D eigenvalue weighted by Crippen LogP contribution is -2.37. The lowest BCUT2D eigenvalue weighted by molar-refractivity contribution is 0.185. The summed E-state index contributed by atoms with van der Waals surface area (Å²) in [6, 6.07) is 0.633. The van der Waals surface area contributed by atoms with Gasteiger partial charge in [0.05, 0.1) is 18.1 Å². The SMILES string of the molecule is O=S1(=O)CCC(N(Cc2noc(C3CCCCC3)n2)C2CC2)C1. The van der Waals surface area contributed by atoms with Gasteiger partial charge in [0.25, 0.3) is 0 Å². The highest BCUT2D eigenvalue weighted by molar-refractivity contribution is 7.91. The van der Waals surface area contributed by atoms with E-state index in [2.05, 4.69) is 15.0 Å². The number of hydrogen-bond acceptors (Lipinski definition) is 6. The summed E-state index contributed by atoms with van der Waals surface area (Å²) >= 11 is 0. The number of sulfone groups is 1. The Kier molecular flexibility index (Phi) is 4.17. The first kappa shape index (κ1) is 15.6. The highest BCUT2D eigenvalue weighted by atomic mass is 32.2. The van der Waals surface area contributed by atoms with Gasteiger partial charge in [-0.3, -0.25) is 4.90 Å². The summed E-state index contributed by atoms with van der Waals surface area (Å²) in [5, 5.41) is 4.17. The predicted octanol–water partition coefficient (Wildman–Crippen LogP) is 2.27. The molecule has 7 heteroatoms. The molecule has 1 atom stereocenters. The van der Waals surface area contributed by atoms with Crippen LogP contribution in [-0.2, 0) is 16.4 Å². The van der Waals surface area contributed by atoms with Gasteiger partial charge in [0.1, 0.15) is 0 Å². The molecule has 0 radical (unpaired) electrons. The van der Waals surface area contributed by atoms with Crippen molar-refractivity contribution in [2.45, 2.75) is 75.9 Å². The predicted molar refractivity (Wildman–Crippen MR) is 85.7 cm³/mol. The van der Waals surface area contributed by atoms with Crippen LogP contribution in [0.25, 0.3) is 0 Å². The van der Waals surface area contributed by atoms with E-state index < -0.39 is 9.84 Å². The minimum absolute atomic E-state index is 0.129. The maximum atomic E-state index is 11.8. The van der Waals surface area contributed by atoms with Crippen molar-refractivity contribution in [2.24, 2.45) is 0 Å². The number of rotatable bonds is 5. The van der Waals surface area contributed by atoms with Gasteiger partial charge in [-0.25, -0.2) is 8.42 Å². The second-order valence-electron chi connectivity index (χ2n) is 7.34. The largest absolute Gasteiger partial charge is 0.339 e. The van der Waals surface area contributed by atoms with Gasteiger partial charge in [-0.1, -0.05) is 24.4 Å². The van der Waals surface area contributed by atoms with E-state index in [1.807, 2.05) is 0 Å². The minimum atomic E-state index is -2.86. The summed E-state index contributed by atoms with van der Waals surface area (Å²) in [5.74, 6) is 2.54. The van der Waals surface area contributed by atoms with Crippen LogP contribution in [0.5, 0.6) is 0 Å². The van der Waals surface area contributed by atoms with Crippen LogP contribution in [0.4, 0.5) is 0 Å². The fraction of sp³-hybridized carbons (Fsp3) is 0.875. The van der Waals surface area contributed by atoms with Crippen LogP contribution in [0.15, 0.2) is 4.52 Å². The van der Waals surface area contributed by atoms with Crippen molar-refractivity contribution in [2.75, 3.05) is 11.5 Å². The van der Waals surface area contributed by atoms with Crippen molar-refractivity contribution in [3.05, 3.63) is 11.7 Å². The maximum Gasteiger partial charge on any atom is 0.229 e. The molecule has 3 aliphatic rings. The van der Waals surface area contributed by atoms with E-state index in [9.17, 15) is 8.42 Å². The molecule has 0 aromatic carbocycles. The van der Waals surface area contributed by atoms with Crippen LogP contribution in [0.3, 0.4) is 0 Å². The third-order valence-electron chi connectivity index (χ3n) is 5.46. The van der Waals surface area contributed by atoms with Gasteiger partial charge in [0, 0.05) is 18.0 Å². The van der Waals surface area contributed by atoms with Crippen molar-refractivity contribution in [1.29, 1.82) is 0 Å². The Labute approximate surface area is 137 Å². The second kappa shape index (κ2) is 6.16. The zero-order chi connectivity index (χ0) is 15.9. The molecule has 2 saturated carbocycles. The van der Waals surface area contributed by atoms with E-state index in [1.54, 1.807) is 0 Å². The van der Waals surface area contributed by atoms with Gasteiger partial charge in [0.15, 0.2) is 15.7 Å². The van der Waals surface area contributed by atoms with Crippen LogP contribution >= 0.6 is 0 Å². The lowest BCUT2D eigenvalue weighted by atomic mass is 9.89. The molecular weight excluding hydrogens is 314 g/mol. The average Bonchev–Trinajstić information content (AvgIpc) is 3.17. The van der Waals surface area contributed by atoms with Crippen molar-refractivity contribution in [1.82, 2.24) is 15.0 Å². The molecule has 1 aromatic heterocycles. The minimum Gasteiger partial charge on any atom is -0.339 e. The van der Waals surface area contributed by atoms with Gasteiger partial charge in [-0.15, -0.1) is 0 Å². The fourth-order valence-electron chi connectivity index (χ4n) is 4.01. The van der Waals surface area contributed by atoms with Gasteiger partial charge in [-0.2, -0.15) is 4.98 Å². The molecule has 0 spiro atoms. The van der Waals surface area contributed by atoms with Crippen LogP contribution in [-0.4, -0.2) is 47.0 Å². The van der Waals surface area contributed by atoms with E-state index >= 15 is 0 Å². The Balaban J connectivity index is 1.44. The molecule has 1 saturated heterocycles. The standard InChI is InChI=1S/C16H25N3O3S/c20-23(21)9-8-14(11-23)19(13-6-7-13)10-15-17-16(22-18-15)12-4-2-1-3-5-12/h12-14H,1-11H2. The Morgan fingerprint density at radius 1 is 1.04 bits per heavy atom. The third-order valence-corrected chi connectivity index (χ3v) is 7.21. The Morgan fingerprint density at radius 3 is 2.48 bits per heavy atom. The highest BCUT2D eigenvalue weighted by Crippen LogP contribution is 2.34. The number of nitrogens with zero attached hydrogens (tertiary/aromatic N) is 3. The molecule has 1 aromatic rings. The van der Waals surface area contributed by atoms with Crippen LogP contribution in [0.1, 0.15) is 69.0 Å². The van der Waals surface area contributed by atoms with Gasteiger partial charge in [-0.05, 0) is 32.1 Å². The first-order chi connectivity index (χ1) is 11.1. The zero-order valence-corrected chi connectivity index (χ0v) is 14.3. The molecule has 4 rings (SSSR count). The van der Waals surface area contributed by atoms with E-state index in [4.69, 9.17) is 4.52 Å². The first-order valence-corrected chi connectivity index (χ1v) is 10.7. The fourth-order valence-corrected chi connectivity index (χ4v) is 5.75. The van der Waals surface area contributed by atoms with Crippen molar-refractivity contribution in [3.63, 3.8) is 0 Å². The number of aromatic nitrogens is 2. The number of hydrogen-bond donors (Lipinski definition) is 0. The molecule has 1 unspecified atom stereocenters. The van der Waals surface area contributed by atoms with E-state index in [-0.39, 0.29) is 11.8 Å². The summed E-state index contributed by atoms with van der Waals surface area (Å²) in [4.78, 5) is 6.93. The highest BCUT2D eigenvalue weighted by Gasteiger charge is 2.40. The van der Waals surface area contributed by atoms with Gasteiger partial charge < -0.3 is 4.52 Å². The third kappa shape index (κ3) is 3.60. The second-order valence-corrected chi connectivity index (χ2v) is 9.57. The van der Waals surface area contributed by atoms with Gasteiger partial charge in [0.2, 0.25) is 5.89 Å². The molecule has 2 heterocycles. The molecule has 1 aliphatic heterocycles.